The van der Waals surface area contributed by atoms with Crippen molar-refractivity contribution in [3.05, 3.63) is 0 Å². The first kappa shape index (κ1) is 10.0. The van der Waals surface area contributed by atoms with Gasteiger partial charge < -0.3 is 10.8 Å². The second kappa shape index (κ2) is 4.11. The number of rotatable bonds is 0. The number of amides is 1. The summed E-state index contributed by atoms with van der Waals surface area (Å²) >= 11 is 0. The van der Waals surface area contributed by atoms with Gasteiger partial charge in [0, 0.05) is 0 Å². The van der Waals surface area contributed by atoms with Crippen LogP contribution in [0.3, 0.4) is 0 Å². The molecule has 0 unspecified atom stereocenters. The summed E-state index contributed by atoms with van der Waals surface area (Å²) in [6.45, 7) is 0. The molecule has 0 aromatic heterocycles. The van der Waals surface area contributed by atoms with Crippen molar-refractivity contribution in [1.29, 1.82) is 0 Å². The number of carboxylic acid groups (broad SMARTS) is 1. The molecule has 0 fully saturated rings. The van der Waals surface area contributed by atoms with Gasteiger partial charge in [-0.15, -0.1) is 0 Å². The number of nitrogens with two attached hydrogens (primary N) is 1. The van der Waals surface area contributed by atoms with E-state index in [1.54, 1.807) is 0 Å². The predicted octanol–water partition coefficient (Wildman–Crippen LogP) is -4.44. The standard InChI is InChI=1S/C2H3NO3.Na/c3-1(4)2(5)6;/h(H2,3,4)(H,5,6);/q;+1. The summed E-state index contributed by atoms with van der Waals surface area (Å²) in [5, 5.41) is 7.52. The molecule has 3 N–H and O–H groups in total. The third-order valence-corrected chi connectivity index (χ3v) is 0.211. The zero-order valence-corrected chi connectivity index (χ0v) is 5.84. The van der Waals surface area contributed by atoms with E-state index in [-0.39, 0.29) is 29.6 Å². The van der Waals surface area contributed by atoms with Crippen LogP contribution < -0.4 is 35.3 Å². The number of hydrogen-bond donors (Lipinski definition) is 2. The van der Waals surface area contributed by atoms with Crippen molar-refractivity contribution in [3.8, 4) is 0 Å². The van der Waals surface area contributed by atoms with Crippen molar-refractivity contribution in [2.75, 3.05) is 0 Å². The maximum atomic E-state index is 9.32. The van der Waals surface area contributed by atoms with Gasteiger partial charge >= 0.3 is 41.4 Å². The van der Waals surface area contributed by atoms with Gasteiger partial charge in [0.1, 0.15) is 0 Å². The average Bonchev–Trinajstić information content (AvgIpc) is 1.36. The Morgan fingerprint density at radius 3 is 1.57 bits per heavy atom. The van der Waals surface area contributed by atoms with Crippen molar-refractivity contribution in [3.63, 3.8) is 0 Å². The van der Waals surface area contributed by atoms with E-state index in [2.05, 4.69) is 5.73 Å². The fourth-order valence-corrected chi connectivity index (χ4v) is 0. The SMILES string of the molecule is NC(=O)C(=O)O.[Na+]. The quantitative estimate of drug-likeness (QED) is 0.245. The van der Waals surface area contributed by atoms with Crippen LogP contribution in [0.1, 0.15) is 0 Å². The van der Waals surface area contributed by atoms with E-state index in [0.29, 0.717) is 0 Å². The third-order valence-electron chi connectivity index (χ3n) is 0.211. The number of aliphatic carboxylic acids is 1. The summed E-state index contributed by atoms with van der Waals surface area (Å²) in [6, 6.07) is 0. The van der Waals surface area contributed by atoms with E-state index >= 15 is 0 Å². The van der Waals surface area contributed by atoms with E-state index in [0.717, 1.165) is 0 Å². The Labute approximate surface area is 62.0 Å². The van der Waals surface area contributed by atoms with Crippen molar-refractivity contribution in [2.45, 2.75) is 0 Å². The number of carboxylic acids is 1. The second-order valence-electron chi connectivity index (χ2n) is 0.669. The van der Waals surface area contributed by atoms with Gasteiger partial charge in [-0.05, 0) is 0 Å². The van der Waals surface area contributed by atoms with Crippen LogP contribution >= 0.6 is 0 Å². The number of carbonyl (C=O) groups excluding carboxylic acids is 1. The van der Waals surface area contributed by atoms with Crippen LogP contribution in [0.4, 0.5) is 0 Å². The van der Waals surface area contributed by atoms with Crippen molar-refractivity contribution >= 4 is 11.9 Å². The summed E-state index contributed by atoms with van der Waals surface area (Å²) in [7, 11) is 0. The molecule has 0 spiro atoms. The van der Waals surface area contributed by atoms with Crippen LogP contribution in [-0.2, 0) is 9.59 Å². The van der Waals surface area contributed by atoms with Gasteiger partial charge in [-0.1, -0.05) is 0 Å². The molecule has 0 saturated carbocycles. The number of primary amides is 1. The molecule has 0 rings (SSSR count). The maximum absolute atomic E-state index is 9.32. The zero-order valence-electron chi connectivity index (χ0n) is 3.84. The molecule has 0 bridgehead atoms. The molecule has 34 valence electrons. The molecule has 0 heterocycles. The van der Waals surface area contributed by atoms with Crippen molar-refractivity contribution in [1.82, 2.24) is 0 Å². The monoisotopic (exact) mass is 112 g/mol. The fraction of sp³-hybridized carbons (Fsp3) is 0. The summed E-state index contributed by atoms with van der Waals surface area (Å²) in [4.78, 5) is 18.5. The molecule has 0 aliphatic carbocycles. The van der Waals surface area contributed by atoms with Gasteiger partial charge in [-0.3, -0.25) is 4.79 Å². The van der Waals surface area contributed by atoms with E-state index < -0.39 is 11.9 Å². The summed E-state index contributed by atoms with van der Waals surface area (Å²) in [5.41, 5.74) is 4.20. The first-order chi connectivity index (χ1) is 2.64. The summed E-state index contributed by atoms with van der Waals surface area (Å²) in [5.74, 6) is -2.93. The van der Waals surface area contributed by atoms with Crippen LogP contribution in [0, 0.1) is 0 Å². The van der Waals surface area contributed by atoms with Crippen molar-refractivity contribution < 1.29 is 44.3 Å². The minimum atomic E-state index is -1.60. The normalized spacial score (nSPS) is 6.29. The minimum Gasteiger partial charge on any atom is -0.474 e. The molecule has 0 aromatic rings. The van der Waals surface area contributed by atoms with Gasteiger partial charge in [0.2, 0.25) is 0 Å². The Kier molecular flexibility index (Phi) is 5.89. The van der Waals surface area contributed by atoms with Crippen LogP contribution in [0.5, 0.6) is 0 Å². The van der Waals surface area contributed by atoms with Gasteiger partial charge in [0.15, 0.2) is 0 Å². The van der Waals surface area contributed by atoms with Gasteiger partial charge in [0.05, 0.1) is 0 Å². The molecular formula is C2H3NNaO3+. The van der Waals surface area contributed by atoms with Gasteiger partial charge in [-0.25, -0.2) is 4.79 Å². The fourth-order valence-electron chi connectivity index (χ4n) is 0. The Morgan fingerprint density at radius 1 is 1.43 bits per heavy atom. The van der Waals surface area contributed by atoms with Crippen LogP contribution in [0.15, 0.2) is 0 Å². The van der Waals surface area contributed by atoms with Gasteiger partial charge in [0.25, 0.3) is 0 Å². The first-order valence-electron chi connectivity index (χ1n) is 1.17. The van der Waals surface area contributed by atoms with E-state index in [1.165, 1.54) is 0 Å². The third kappa shape index (κ3) is 5.94. The smallest absolute Gasteiger partial charge is 0.474 e. The topological polar surface area (TPSA) is 80.4 Å². The molecule has 0 aliphatic heterocycles. The largest absolute Gasteiger partial charge is 1.00 e. The van der Waals surface area contributed by atoms with Gasteiger partial charge in [-0.2, -0.15) is 0 Å². The molecule has 0 aliphatic rings. The molecule has 7 heavy (non-hydrogen) atoms. The predicted molar refractivity (Wildman–Crippen MR) is 16.8 cm³/mol. The molecule has 5 heteroatoms. The number of carbonyl (C=O) groups is 2. The molecule has 0 radical (unpaired) electrons. The van der Waals surface area contributed by atoms with Crippen LogP contribution in [0.25, 0.3) is 0 Å². The Balaban J connectivity index is 0. The first-order valence-corrected chi connectivity index (χ1v) is 1.17. The Hall–Kier alpha value is -0.0600. The molecule has 4 nitrogen and oxygen atoms in total. The molecular weight excluding hydrogens is 109 g/mol. The Bertz CT molecular complexity index is 78.9. The van der Waals surface area contributed by atoms with E-state index in [9.17, 15) is 9.59 Å². The molecule has 0 aromatic carbocycles. The van der Waals surface area contributed by atoms with Crippen molar-refractivity contribution in [2.24, 2.45) is 5.73 Å². The second-order valence-corrected chi connectivity index (χ2v) is 0.669. The summed E-state index contributed by atoms with van der Waals surface area (Å²) < 4.78 is 0. The van der Waals surface area contributed by atoms with E-state index in [1.807, 2.05) is 0 Å². The maximum Gasteiger partial charge on any atom is 1.00 e. The minimum absolute atomic E-state index is 0. The van der Waals surface area contributed by atoms with E-state index in [4.69, 9.17) is 5.11 Å². The number of hydrogen-bond acceptors (Lipinski definition) is 2. The van der Waals surface area contributed by atoms with Crippen LogP contribution in [0.2, 0.25) is 0 Å². The Morgan fingerprint density at radius 2 is 1.57 bits per heavy atom. The zero-order chi connectivity index (χ0) is 5.15. The molecule has 1 amide bonds. The van der Waals surface area contributed by atoms with Crippen LogP contribution in [-0.4, -0.2) is 17.0 Å². The molecule has 0 saturated heterocycles. The molecule has 0 atom stereocenters. The summed E-state index contributed by atoms with van der Waals surface area (Å²) in [6.07, 6.45) is 0. The average molecular weight is 112 g/mol.